The summed E-state index contributed by atoms with van der Waals surface area (Å²) in [5.41, 5.74) is 1.92. The Kier molecular flexibility index (Phi) is 4.32. The van der Waals surface area contributed by atoms with Crippen molar-refractivity contribution in [3.8, 4) is 6.07 Å². The number of piperidine rings is 1. The number of likely N-dealkylation sites (tertiary alicyclic amines) is 1. The molecule has 0 aliphatic carbocycles. The van der Waals surface area contributed by atoms with Crippen molar-refractivity contribution in [2.75, 3.05) is 6.54 Å². The highest BCUT2D eigenvalue weighted by Gasteiger charge is 2.23. The van der Waals surface area contributed by atoms with Gasteiger partial charge in [-0.3, -0.25) is 9.58 Å². The van der Waals surface area contributed by atoms with Gasteiger partial charge < -0.3 is 0 Å². The van der Waals surface area contributed by atoms with Crippen LogP contribution in [0, 0.1) is 11.3 Å². The first-order chi connectivity index (χ1) is 10.4. The third-order valence-corrected chi connectivity index (χ3v) is 4.22. The van der Waals surface area contributed by atoms with E-state index in [1.54, 1.807) is 0 Å². The molecule has 1 aliphatic rings. The number of rotatable bonds is 4. The van der Waals surface area contributed by atoms with Crippen LogP contribution in [0.25, 0.3) is 0 Å². The molecule has 108 valence electrons. The quantitative estimate of drug-likeness (QED) is 0.865. The Morgan fingerprint density at radius 2 is 2.14 bits per heavy atom. The Morgan fingerprint density at radius 1 is 1.24 bits per heavy atom. The standard InChI is InChI=1S/C17H20N4/c18-12-15-6-1-2-7-16(15)13-20-10-4-3-8-17(20)14-21-11-5-9-19-21/h1-2,5-7,9,11,17H,3-4,8,10,13-14H2/t17-/m0/s1. The predicted molar refractivity (Wildman–Crippen MR) is 81.4 cm³/mol. The minimum atomic E-state index is 0.505. The maximum absolute atomic E-state index is 9.24. The molecule has 0 amide bonds. The lowest BCUT2D eigenvalue weighted by molar-refractivity contribution is 0.122. The zero-order chi connectivity index (χ0) is 14.5. The summed E-state index contributed by atoms with van der Waals surface area (Å²) < 4.78 is 2.01. The Labute approximate surface area is 125 Å². The van der Waals surface area contributed by atoms with Crippen LogP contribution in [0.4, 0.5) is 0 Å². The summed E-state index contributed by atoms with van der Waals surface area (Å²) in [4.78, 5) is 2.50. The molecular weight excluding hydrogens is 260 g/mol. The molecule has 1 atom stereocenters. The van der Waals surface area contributed by atoms with Crippen LogP contribution in [-0.4, -0.2) is 27.3 Å². The van der Waals surface area contributed by atoms with Crippen LogP contribution < -0.4 is 0 Å². The molecule has 1 aromatic carbocycles. The third-order valence-electron chi connectivity index (χ3n) is 4.22. The maximum atomic E-state index is 9.24. The van der Waals surface area contributed by atoms with Crippen LogP contribution in [0.1, 0.15) is 30.4 Å². The van der Waals surface area contributed by atoms with Gasteiger partial charge in [0, 0.05) is 25.0 Å². The van der Waals surface area contributed by atoms with E-state index in [-0.39, 0.29) is 0 Å². The van der Waals surface area contributed by atoms with Gasteiger partial charge in [-0.05, 0) is 37.1 Å². The molecule has 21 heavy (non-hydrogen) atoms. The van der Waals surface area contributed by atoms with E-state index in [4.69, 9.17) is 0 Å². The number of benzene rings is 1. The molecule has 2 heterocycles. The average molecular weight is 280 g/mol. The van der Waals surface area contributed by atoms with Crippen molar-refractivity contribution in [2.45, 2.75) is 38.4 Å². The molecule has 1 fully saturated rings. The second-order valence-corrected chi connectivity index (χ2v) is 5.62. The van der Waals surface area contributed by atoms with Gasteiger partial charge in [0.15, 0.2) is 0 Å². The van der Waals surface area contributed by atoms with Crippen LogP contribution in [0.3, 0.4) is 0 Å². The van der Waals surface area contributed by atoms with Gasteiger partial charge in [-0.1, -0.05) is 24.6 Å². The summed E-state index contributed by atoms with van der Waals surface area (Å²) in [6, 6.07) is 12.7. The SMILES string of the molecule is N#Cc1ccccc1CN1CCCC[C@H]1Cn1cccn1. The minimum Gasteiger partial charge on any atom is -0.294 e. The summed E-state index contributed by atoms with van der Waals surface area (Å²) in [5, 5.41) is 13.6. The van der Waals surface area contributed by atoms with Crippen molar-refractivity contribution in [3.05, 3.63) is 53.9 Å². The zero-order valence-corrected chi connectivity index (χ0v) is 12.2. The van der Waals surface area contributed by atoms with Gasteiger partial charge in [-0.15, -0.1) is 0 Å². The lowest BCUT2D eigenvalue weighted by atomic mass is 10.00. The monoisotopic (exact) mass is 280 g/mol. The van der Waals surface area contributed by atoms with Crippen molar-refractivity contribution in [1.82, 2.24) is 14.7 Å². The number of nitriles is 1. The maximum Gasteiger partial charge on any atom is 0.0995 e. The van der Waals surface area contributed by atoms with E-state index in [0.717, 1.165) is 30.8 Å². The zero-order valence-electron chi connectivity index (χ0n) is 12.2. The fourth-order valence-electron chi connectivity index (χ4n) is 3.09. The first kappa shape index (κ1) is 13.8. The first-order valence-electron chi connectivity index (χ1n) is 7.56. The van der Waals surface area contributed by atoms with Crippen molar-refractivity contribution < 1.29 is 0 Å². The van der Waals surface area contributed by atoms with Crippen LogP contribution in [0.5, 0.6) is 0 Å². The second-order valence-electron chi connectivity index (χ2n) is 5.62. The van der Waals surface area contributed by atoms with Crippen LogP contribution >= 0.6 is 0 Å². The molecule has 1 saturated heterocycles. The normalized spacial score (nSPS) is 19.3. The molecule has 0 unspecified atom stereocenters. The summed E-state index contributed by atoms with van der Waals surface area (Å²) in [5.74, 6) is 0. The largest absolute Gasteiger partial charge is 0.294 e. The topological polar surface area (TPSA) is 44.9 Å². The first-order valence-corrected chi connectivity index (χ1v) is 7.56. The molecule has 3 rings (SSSR count). The lowest BCUT2D eigenvalue weighted by Gasteiger charge is -2.35. The van der Waals surface area contributed by atoms with Crippen molar-refractivity contribution in [1.29, 1.82) is 5.26 Å². The molecule has 0 bridgehead atoms. The van der Waals surface area contributed by atoms with E-state index >= 15 is 0 Å². The van der Waals surface area contributed by atoms with Gasteiger partial charge >= 0.3 is 0 Å². The predicted octanol–water partition coefficient (Wildman–Crippen LogP) is 2.81. The molecular formula is C17H20N4. The summed E-state index contributed by atoms with van der Waals surface area (Å²) in [6.45, 7) is 2.89. The van der Waals surface area contributed by atoms with E-state index in [1.165, 1.54) is 19.3 Å². The van der Waals surface area contributed by atoms with Crippen molar-refractivity contribution in [2.24, 2.45) is 0 Å². The van der Waals surface area contributed by atoms with E-state index in [0.29, 0.717) is 6.04 Å². The van der Waals surface area contributed by atoms with Crippen molar-refractivity contribution in [3.63, 3.8) is 0 Å². The van der Waals surface area contributed by atoms with E-state index in [1.807, 2.05) is 41.3 Å². The van der Waals surface area contributed by atoms with Crippen LogP contribution in [0.15, 0.2) is 42.7 Å². The Bertz CT molecular complexity index is 612. The van der Waals surface area contributed by atoms with Crippen LogP contribution in [-0.2, 0) is 13.1 Å². The highest BCUT2D eigenvalue weighted by Crippen LogP contribution is 2.22. The number of hydrogen-bond acceptors (Lipinski definition) is 3. The second kappa shape index (κ2) is 6.55. The number of aromatic nitrogens is 2. The molecule has 2 aromatic rings. The summed E-state index contributed by atoms with van der Waals surface area (Å²) >= 11 is 0. The number of nitrogens with zero attached hydrogens (tertiary/aromatic N) is 4. The Morgan fingerprint density at radius 3 is 2.95 bits per heavy atom. The molecule has 0 spiro atoms. The third kappa shape index (κ3) is 3.32. The highest BCUT2D eigenvalue weighted by molar-refractivity contribution is 5.37. The molecule has 1 aliphatic heterocycles. The van der Waals surface area contributed by atoms with Gasteiger partial charge in [0.1, 0.15) is 0 Å². The van der Waals surface area contributed by atoms with Crippen molar-refractivity contribution >= 4 is 0 Å². The molecule has 4 heteroatoms. The molecule has 0 N–H and O–H groups in total. The molecule has 0 saturated carbocycles. The van der Waals surface area contributed by atoms with E-state index in [2.05, 4.69) is 22.1 Å². The van der Waals surface area contributed by atoms with Crippen LogP contribution in [0.2, 0.25) is 0 Å². The Hall–Kier alpha value is -2.12. The van der Waals surface area contributed by atoms with Gasteiger partial charge in [-0.25, -0.2) is 0 Å². The molecule has 4 nitrogen and oxygen atoms in total. The van der Waals surface area contributed by atoms with Gasteiger partial charge in [0.2, 0.25) is 0 Å². The van der Waals surface area contributed by atoms with E-state index in [9.17, 15) is 5.26 Å². The van der Waals surface area contributed by atoms with Gasteiger partial charge in [0.25, 0.3) is 0 Å². The minimum absolute atomic E-state index is 0.505. The number of hydrogen-bond donors (Lipinski definition) is 0. The molecule has 1 aromatic heterocycles. The fourth-order valence-corrected chi connectivity index (χ4v) is 3.09. The lowest BCUT2D eigenvalue weighted by Crippen LogP contribution is -2.41. The van der Waals surface area contributed by atoms with Gasteiger partial charge in [-0.2, -0.15) is 10.4 Å². The average Bonchev–Trinajstić information content (AvgIpc) is 3.03. The highest BCUT2D eigenvalue weighted by atomic mass is 15.3. The summed E-state index contributed by atoms with van der Waals surface area (Å²) in [6.07, 6.45) is 7.58. The summed E-state index contributed by atoms with van der Waals surface area (Å²) in [7, 11) is 0. The fraction of sp³-hybridized carbons (Fsp3) is 0.412. The van der Waals surface area contributed by atoms with E-state index < -0.39 is 0 Å². The Balaban J connectivity index is 1.74. The molecule has 0 radical (unpaired) electrons. The smallest absolute Gasteiger partial charge is 0.0995 e. The van der Waals surface area contributed by atoms with Gasteiger partial charge in [0.05, 0.1) is 18.2 Å².